The van der Waals surface area contributed by atoms with Crippen molar-refractivity contribution in [1.29, 1.82) is 0 Å². The fourth-order valence-corrected chi connectivity index (χ4v) is 6.66. The van der Waals surface area contributed by atoms with Crippen LogP contribution in [0, 0.1) is 12.8 Å². The van der Waals surface area contributed by atoms with Crippen LogP contribution in [0.25, 0.3) is 16.0 Å². The van der Waals surface area contributed by atoms with E-state index in [-0.39, 0.29) is 17.4 Å². The van der Waals surface area contributed by atoms with E-state index in [1.807, 2.05) is 38.1 Å². The Morgan fingerprint density at radius 1 is 1.12 bits per heavy atom. The molecule has 0 aliphatic carbocycles. The van der Waals surface area contributed by atoms with Crippen molar-refractivity contribution >= 4 is 44.1 Å². The number of aliphatic hydroxyl groups is 1. The molecule has 2 aliphatic heterocycles. The van der Waals surface area contributed by atoms with Crippen LogP contribution in [0.3, 0.4) is 0 Å². The predicted molar refractivity (Wildman–Crippen MR) is 167 cm³/mol. The number of Topliss-reactive ketones (excluding diaryl/α,β-unsaturated/α-hetero) is 1. The maximum atomic E-state index is 13.8. The number of aromatic nitrogens is 1. The quantitative estimate of drug-likeness (QED) is 0.133. The first-order chi connectivity index (χ1) is 20.6. The molecule has 2 atom stereocenters. The molecule has 1 N–H and O–H groups in total. The zero-order valence-electron chi connectivity index (χ0n) is 24.8. The predicted octanol–water partition coefficient (Wildman–Crippen LogP) is 6.99. The zero-order valence-corrected chi connectivity index (χ0v) is 25.7. The van der Waals surface area contributed by atoms with Crippen LogP contribution in [0.2, 0.25) is 0 Å². The summed E-state index contributed by atoms with van der Waals surface area (Å²) < 4.78 is 18.4. The molecule has 2 aliphatic rings. The fourth-order valence-electron chi connectivity index (χ4n) is 5.57. The van der Waals surface area contributed by atoms with Crippen molar-refractivity contribution in [2.24, 2.45) is 5.92 Å². The zero-order chi connectivity index (χ0) is 30.4. The minimum atomic E-state index is -0.941. The van der Waals surface area contributed by atoms with Crippen LogP contribution < -0.4 is 19.1 Å². The van der Waals surface area contributed by atoms with Crippen molar-refractivity contribution < 1.29 is 28.9 Å². The SMILES string of the molecule is COc1cc([C@@H]2C(=C(O)c3ccc4c(c3)C[C@@H](C)O4)C(=O)C(=O)N2c2nc3ccc(C)cc3s2)ccc1OCCC(C)C. The molecule has 1 fully saturated rings. The average Bonchev–Trinajstić information content (AvgIpc) is 3.64. The van der Waals surface area contributed by atoms with Gasteiger partial charge in [0, 0.05) is 12.0 Å². The van der Waals surface area contributed by atoms with E-state index in [1.165, 1.54) is 16.2 Å². The molecule has 0 unspecified atom stereocenters. The Hall–Kier alpha value is -4.37. The summed E-state index contributed by atoms with van der Waals surface area (Å²) in [4.78, 5) is 33.6. The van der Waals surface area contributed by atoms with Crippen LogP contribution in [0.15, 0.2) is 60.2 Å². The summed E-state index contributed by atoms with van der Waals surface area (Å²) in [7, 11) is 1.55. The highest BCUT2D eigenvalue weighted by Gasteiger charge is 2.48. The maximum absolute atomic E-state index is 13.8. The third-order valence-corrected chi connectivity index (χ3v) is 8.83. The number of nitrogens with zero attached hydrogens (tertiary/aromatic N) is 2. The molecule has 4 aromatic rings. The molecule has 6 rings (SSSR count). The number of ether oxygens (including phenoxy) is 3. The number of rotatable bonds is 8. The van der Waals surface area contributed by atoms with Crippen molar-refractivity contribution in [1.82, 2.24) is 4.98 Å². The van der Waals surface area contributed by atoms with Gasteiger partial charge >= 0.3 is 5.91 Å². The highest BCUT2D eigenvalue weighted by molar-refractivity contribution is 7.22. The Morgan fingerprint density at radius 2 is 1.93 bits per heavy atom. The lowest BCUT2D eigenvalue weighted by Gasteiger charge is -2.24. The van der Waals surface area contributed by atoms with Gasteiger partial charge in [-0.3, -0.25) is 14.5 Å². The van der Waals surface area contributed by atoms with Gasteiger partial charge in [-0.1, -0.05) is 37.3 Å². The lowest BCUT2D eigenvalue weighted by Crippen LogP contribution is -2.29. The summed E-state index contributed by atoms with van der Waals surface area (Å²) in [6, 6.07) is 15.6. The molecule has 1 aromatic heterocycles. The van der Waals surface area contributed by atoms with E-state index in [1.54, 1.807) is 37.4 Å². The largest absolute Gasteiger partial charge is 0.507 e. The molecule has 3 heterocycles. The topological polar surface area (TPSA) is 98.2 Å². The molecular formula is C34H34N2O6S. The van der Waals surface area contributed by atoms with Gasteiger partial charge in [0.15, 0.2) is 16.6 Å². The standard InChI is InChI=1S/C34H34N2O6S/c1-18(2)12-13-41-26-11-7-21(17-27(26)40-5)30-29(31(37)22-8-10-25-23(16-22)15-20(4)42-25)32(38)33(39)36(30)34-35-24-9-6-19(3)14-28(24)43-34/h6-11,14,16-18,20,30,37H,12-13,15H2,1-5H3/t20-,30-/m1/s1. The van der Waals surface area contributed by atoms with Gasteiger partial charge in [0.05, 0.1) is 35.5 Å². The smallest absolute Gasteiger partial charge is 0.301 e. The van der Waals surface area contributed by atoms with Crippen molar-refractivity contribution in [3.63, 3.8) is 0 Å². The second-order valence-electron chi connectivity index (χ2n) is 11.5. The van der Waals surface area contributed by atoms with Gasteiger partial charge in [0.25, 0.3) is 5.78 Å². The molecule has 222 valence electrons. The molecule has 0 spiro atoms. The summed E-state index contributed by atoms with van der Waals surface area (Å²) >= 11 is 1.33. The van der Waals surface area contributed by atoms with Crippen LogP contribution in [0.4, 0.5) is 5.13 Å². The van der Waals surface area contributed by atoms with Gasteiger partial charge in [-0.05, 0) is 85.3 Å². The van der Waals surface area contributed by atoms with Crippen LogP contribution in [0.1, 0.15) is 55.5 Å². The molecule has 1 amide bonds. The number of hydrogen-bond acceptors (Lipinski definition) is 8. The molecule has 0 bridgehead atoms. The summed E-state index contributed by atoms with van der Waals surface area (Å²) in [5.74, 6) is 0.486. The number of carbonyl (C=O) groups excluding carboxylic acids is 2. The van der Waals surface area contributed by atoms with E-state index >= 15 is 0 Å². The van der Waals surface area contributed by atoms with Crippen molar-refractivity contribution in [3.8, 4) is 17.2 Å². The fraction of sp³-hybridized carbons (Fsp3) is 0.324. The van der Waals surface area contributed by atoms with Crippen LogP contribution in [-0.4, -0.2) is 41.6 Å². The first-order valence-electron chi connectivity index (χ1n) is 14.4. The van der Waals surface area contributed by atoms with E-state index < -0.39 is 17.7 Å². The van der Waals surface area contributed by atoms with Gasteiger partial charge in [-0.25, -0.2) is 4.98 Å². The second-order valence-corrected chi connectivity index (χ2v) is 12.5. The number of carbonyl (C=O) groups is 2. The Kier molecular flexibility index (Phi) is 7.60. The third-order valence-electron chi connectivity index (χ3n) is 7.81. The Bertz CT molecular complexity index is 1770. The first-order valence-corrected chi connectivity index (χ1v) is 15.2. The third kappa shape index (κ3) is 5.33. The highest BCUT2D eigenvalue weighted by Crippen LogP contribution is 2.46. The number of methoxy groups -OCH3 is 1. The van der Waals surface area contributed by atoms with Crippen LogP contribution in [-0.2, 0) is 16.0 Å². The monoisotopic (exact) mass is 598 g/mol. The first kappa shape index (κ1) is 28.7. The average molecular weight is 599 g/mol. The van der Waals surface area contributed by atoms with Gasteiger partial charge in [-0.2, -0.15) is 0 Å². The Balaban J connectivity index is 1.49. The van der Waals surface area contributed by atoms with Crippen LogP contribution >= 0.6 is 11.3 Å². The van der Waals surface area contributed by atoms with Gasteiger partial charge in [0.1, 0.15) is 17.6 Å². The van der Waals surface area contributed by atoms with Crippen molar-refractivity contribution in [3.05, 3.63) is 82.4 Å². The number of amides is 1. The van der Waals surface area contributed by atoms with E-state index in [2.05, 4.69) is 13.8 Å². The molecular weight excluding hydrogens is 564 g/mol. The normalized spacial score (nSPS) is 19.3. The Morgan fingerprint density at radius 3 is 2.70 bits per heavy atom. The van der Waals surface area contributed by atoms with E-state index in [0.29, 0.717) is 46.7 Å². The summed E-state index contributed by atoms with van der Waals surface area (Å²) in [5.41, 5.74) is 3.75. The van der Waals surface area contributed by atoms with Crippen molar-refractivity contribution in [2.75, 3.05) is 18.6 Å². The number of ketones is 1. The number of anilines is 1. The summed E-state index contributed by atoms with van der Waals surface area (Å²) in [6.45, 7) is 8.76. The molecule has 0 radical (unpaired) electrons. The molecule has 1 saturated heterocycles. The number of thiazole rings is 1. The van der Waals surface area contributed by atoms with E-state index in [9.17, 15) is 14.7 Å². The number of aliphatic hydroxyl groups excluding tert-OH is 1. The number of aryl methyl sites for hydroxylation is 1. The van der Waals surface area contributed by atoms with Gasteiger partial charge < -0.3 is 19.3 Å². The summed E-state index contributed by atoms with van der Waals surface area (Å²) in [6.07, 6.45) is 1.59. The number of hydrogen-bond donors (Lipinski definition) is 1. The van der Waals surface area contributed by atoms with E-state index in [0.717, 1.165) is 33.5 Å². The lowest BCUT2D eigenvalue weighted by atomic mass is 9.94. The molecule has 3 aromatic carbocycles. The minimum absolute atomic E-state index is 0.0112. The van der Waals surface area contributed by atoms with Crippen molar-refractivity contribution in [2.45, 2.75) is 52.7 Å². The van der Waals surface area contributed by atoms with E-state index in [4.69, 9.17) is 19.2 Å². The highest BCUT2D eigenvalue weighted by atomic mass is 32.1. The maximum Gasteiger partial charge on any atom is 0.301 e. The minimum Gasteiger partial charge on any atom is -0.507 e. The van der Waals surface area contributed by atoms with Crippen LogP contribution in [0.5, 0.6) is 17.2 Å². The number of benzene rings is 3. The second kappa shape index (κ2) is 11.4. The molecule has 9 heteroatoms. The molecule has 8 nitrogen and oxygen atoms in total. The molecule has 0 saturated carbocycles. The molecule has 43 heavy (non-hydrogen) atoms. The summed E-state index contributed by atoms with van der Waals surface area (Å²) in [5, 5.41) is 12.1. The number of fused-ring (bicyclic) bond motifs is 2. The lowest BCUT2D eigenvalue weighted by molar-refractivity contribution is -0.132. The Labute approximate surface area is 254 Å². The van der Waals surface area contributed by atoms with Gasteiger partial charge in [0.2, 0.25) is 0 Å². The van der Waals surface area contributed by atoms with Gasteiger partial charge in [-0.15, -0.1) is 0 Å².